The smallest absolute Gasteiger partial charge is 0.0615 e. The molecule has 0 radical (unpaired) electrons. The minimum atomic E-state index is 0.0444. The third-order valence-electron chi connectivity index (χ3n) is 2.55. The molecule has 0 aliphatic rings. The number of hydrogen-bond donors (Lipinski definition) is 2. The summed E-state index contributed by atoms with van der Waals surface area (Å²) in [5.41, 5.74) is 3.27. The summed E-state index contributed by atoms with van der Waals surface area (Å²) < 4.78 is 0. The van der Waals surface area contributed by atoms with Gasteiger partial charge in [-0.1, -0.05) is 60.7 Å². The van der Waals surface area contributed by atoms with Gasteiger partial charge in [0.25, 0.3) is 0 Å². The van der Waals surface area contributed by atoms with Crippen LogP contribution in [0.3, 0.4) is 0 Å². The molecule has 2 heteroatoms. The first-order chi connectivity index (χ1) is 8.33. The van der Waals surface area contributed by atoms with Crippen LogP contribution in [0.2, 0.25) is 0 Å². The Labute approximate surface area is 107 Å². The van der Waals surface area contributed by atoms with Gasteiger partial charge in [-0.2, -0.15) is 0 Å². The Morgan fingerprint density at radius 2 is 1.76 bits per heavy atom. The molecular formula is C15H14OS. The molecule has 2 rings (SSSR count). The van der Waals surface area contributed by atoms with Gasteiger partial charge in [0.05, 0.1) is 6.61 Å². The van der Waals surface area contributed by atoms with Crippen LogP contribution in [0, 0.1) is 0 Å². The number of thiol groups is 1. The first-order valence-corrected chi connectivity index (χ1v) is 5.92. The van der Waals surface area contributed by atoms with Crippen molar-refractivity contribution in [2.24, 2.45) is 0 Å². The average molecular weight is 242 g/mol. The van der Waals surface area contributed by atoms with Gasteiger partial charge >= 0.3 is 0 Å². The fraction of sp³-hybridized carbons (Fsp3) is 0.0667. The molecule has 1 nitrogen and oxygen atoms in total. The highest BCUT2D eigenvalue weighted by atomic mass is 32.1. The highest BCUT2D eigenvalue weighted by Crippen LogP contribution is 2.29. The van der Waals surface area contributed by atoms with Gasteiger partial charge in [-0.25, -0.2) is 0 Å². The van der Waals surface area contributed by atoms with E-state index in [1.807, 2.05) is 42.5 Å². The maximum Gasteiger partial charge on any atom is 0.0615 e. The summed E-state index contributed by atoms with van der Waals surface area (Å²) in [6, 6.07) is 16.2. The number of hydrogen-bond acceptors (Lipinski definition) is 2. The predicted octanol–water partition coefficient (Wildman–Crippen LogP) is 3.65. The van der Waals surface area contributed by atoms with E-state index in [2.05, 4.69) is 24.8 Å². The molecule has 0 aliphatic heterocycles. The van der Waals surface area contributed by atoms with E-state index in [9.17, 15) is 0 Å². The molecule has 0 unspecified atom stereocenters. The molecule has 0 atom stereocenters. The fourth-order valence-electron chi connectivity index (χ4n) is 1.73. The molecule has 0 saturated carbocycles. The van der Waals surface area contributed by atoms with Crippen molar-refractivity contribution in [2.75, 3.05) is 6.61 Å². The van der Waals surface area contributed by atoms with E-state index in [1.165, 1.54) is 0 Å². The lowest BCUT2D eigenvalue weighted by molar-refractivity contribution is 0.343. The van der Waals surface area contributed by atoms with Gasteiger partial charge in [0.1, 0.15) is 0 Å². The zero-order valence-electron chi connectivity index (χ0n) is 9.38. The number of rotatable bonds is 3. The molecule has 0 fully saturated rings. The van der Waals surface area contributed by atoms with Crippen LogP contribution in [0.1, 0.15) is 5.56 Å². The van der Waals surface area contributed by atoms with Crippen molar-refractivity contribution < 1.29 is 5.11 Å². The lowest BCUT2D eigenvalue weighted by Gasteiger charge is -2.08. The summed E-state index contributed by atoms with van der Waals surface area (Å²) in [7, 11) is 0. The summed E-state index contributed by atoms with van der Waals surface area (Å²) in [6.45, 7) is 0.0444. The van der Waals surface area contributed by atoms with Gasteiger partial charge in [-0.15, -0.1) is 12.6 Å². The maximum absolute atomic E-state index is 8.79. The molecule has 0 amide bonds. The monoisotopic (exact) mass is 242 g/mol. The molecule has 0 bridgehead atoms. The minimum Gasteiger partial charge on any atom is -0.392 e. The first-order valence-electron chi connectivity index (χ1n) is 5.47. The average Bonchev–Trinajstić information content (AvgIpc) is 2.39. The Hall–Kier alpha value is -1.51. The Morgan fingerprint density at radius 1 is 1.00 bits per heavy atom. The molecule has 0 spiro atoms. The van der Waals surface area contributed by atoms with Crippen molar-refractivity contribution >= 4 is 18.7 Å². The summed E-state index contributed by atoms with van der Waals surface area (Å²) >= 11 is 4.56. The zero-order chi connectivity index (χ0) is 12.1. The van der Waals surface area contributed by atoms with Crippen LogP contribution in [-0.4, -0.2) is 11.7 Å². The second-order valence-corrected chi connectivity index (χ2v) is 4.14. The van der Waals surface area contributed by atoms with E-state index >= 15 is 0 Å². The Kier molecular flexibility index (Phi) is 4.02. The quantitative estimate of drug-likeness (QED) is 0.787. The van der Waals surface area contributed by atoms with E-state index in [0.29, 0.717) is 0 Å². The van der Waals surface area contributed by atoms with Crippen LogP contribution in [0.25, 0.3) is 17.2 Å². The van der Waals surface area contributed by atoms with Crippen molar-refractivity contribution in [2.45, 2.75) is 4.90 Å². The van der Waals surface area contributed by atoms with Crippen LogP contribution in [0.5, 0.6) is 0 Å². The SMILES string of the molecule is OCC=Cc1cccc(-c2ccccc2)c1S. The maximum atomic E-state index is 8.79. The summed E-state index contributed by atoms with van der Waals surface area (Å²) in [5.74, 6) is 0. The van der Waals surface area contributed by atoms with Gasteiger partial charge in [0.2, 0.25) is 0 Å². The van der Waals surface area contributed by atoms with E-state index in [-0.39, 0.29) is 6.61 Å². The highest BCUT2D eigenvalue weighted by molar-refractivity contribution is 7.80. The van der Waals surface area contributed by atoms with Gasteiger partial charge in [-0.3, -0.25) is 0 Å². The fourth-order valence-corrected chi connectivity index (χ4v) is 2.08. The second kappa shape index (κ2) is 5.71. The van der Waals surface area contributed by atoms with Crippen molar-refractivity contribution in [1.29, 1.82) is 0 Å². The predicted molar refractivity (Wildman–Crippen MR) is 75.2 cm³/mol. The van der Waals surface area contributed by atoms with Gasteiger partial charge in [0, 0.05) is 4.90 Å². The number of aliphatic hydroxyl groups is 1. The molecule has 0 aliphatic carbocycles. The molecule has 1 N–H and O–H groups in total. The van der Waals surface area contributed by atoms with Crippen LogP contribution in [-0.2, 0) is 0 Å². The lowest BCUT2D eigenvalue weighted by Crippen LogP contribution is -1.84. The van der Waals surface area contributed by atoms with Crippen LogP contribution >= 0.6 is 12.6 Å². The van der Waals surface area contributed by atoms with E-state index in [0.717, 1.165) is 21.6 Å². The van der Waals surface area contributed by atoms with Gasteiger partial charge in [-0.05, 0) is 16.7 Å². The molecule has 0 aromatic heterocycles. The standard InChI is InChI=1S/C15H14OS/c16-11-5-9-13-8-4-10-14(15(13)17)12-6-2-1-3-7-12/h1-10,16-17H,11H2. The Balaban J connectivity index is 2.46. The molecule has 2 aromatic carbocycles. The highest BCUT2D eigenvalue weighted by Gasteiger charge is 2.04. The lowest BCUT2D eigenvalue weighted by atomic mass is 10.0. The van der Waals surface area contributed by atoms with Crippen molar-refractivity contribution in [3.05, 3.63) is 60.2 Å². The summed E-state index contributed by atoms with van der Waals surface area (Å²) in [5, 5.41) is 8.79. The molecule has 17 heavy (non-hydrogen) atoms. The topological polar surface area (TPSA) is 20.2 Å². The normalized spacial score (nSPS) is 10.9. The van der Waals surface area contributed by atoms with Crippen molar-refractivity contribution in [3.63, 3.8) is 0 Å². The van der Waals surface area contributed by atoms with Crippen LogP contribution in [0.15, 0.2) is 59.5 Å². The van der Waals surface area contributed by atoms with Crippen molar-refractivity contribution in [1.82, 2.24) is 0 Å². The number of aliphatic hydroxyl groups excluding tert-OH is 1. The van der Waals surface area contributed by atoms with Gasteiger partial charge in [0.15, 0.2) is 0 Å². The molecule has 2 aromatic rings. The van der Waals surface area contributed by atoms with E-state index < -0.39 is 0 Å². The largest absolute Gasteiger partial charge is 0.392 e. The summed E-state index contributed by atoms with van der Waals surface area (Å²) in [6.07, 6.45) is 3.60. The summed E-state index contributed by atoms with van der Waals surface area (Å²) in [4.78, 5) is 0.934. The third-order valence-corrected chi connectivity index (χ3v) is 3.05. The van der Waals surface area contributed by atoms with Crippen LogP contribution in [0.4, 0.5) is 0 Å². The molecular weight excluding hydrogens is 228 g/mol. The third kappa shape index (κ3) is 2.78. The van der Waals surface area contributed by atoms with E-state index in [1.54, 1.807) is 6.08 Å². The van der Waals surface area contributed by atoms with Crippen LogP contribution < -0.4 is 0 Å². The minimum absolute atomic E-state index is 0.0444. The Bertz CT molecular complexity index is 518. The second-order valence-electron chi connectivity index (χ2n) is 3.69. The van der Waals surface area contributed by atoms with Gasteiger partial charge < -0.3 is 5.11 Å². The Morgan fingerprint density at radius 3 is 2.47 bits per heavy atom. The molecule has 0 heterocycles. The zero-order valence-corrected chi connectivity index (χ0v) is 10.3. The van der Waals surface area contributed by atoms with E-state index in [4.69, 9.17) is 5.11 Å². The first kappa shape index (κ1) is 12.0. The van der Waals surface area contributed by atoms with Crippen molar-refractivity contribution in [3.8, 4) is 11.1 Å². The molecule has 86 valence electrons. The molecule has 0 saturated heterocycles. The number of benzene rings is 2.